The first-order chi connectivity index (χ1) is 7.63. The molecule has 0 radical (unpaired) electrons. The zero-order valence-electron chi connectivity index (χ0n) is 9.48. The Balaban J connectivity index is 2.16. The number of aliphatic imine (C=N–C) groups is 1. The van der Waals surface area contributed by atoms with Gasteiger partial charge in [-0.3, -0.25) is 9.79 Å². The molecule has 5 heteroatoms. The third-order valence-electron chi connectivity index (χ3n) is 3.10. The zero-order chi connectivity index (χ0) is 11.7. The van der Waals surface area contributed by atoms with Crippen molar-refractivity contribution in [2.45, 2.75) is 42.8 Å². The summed E-state index contributed by atoms with van der Waals surface area (Å²) < 4.78 is 11.0. The first kappa shape index (κ1) is 12.1. The maximum absolute atomic E-state index is 11.8. The molecular formula is C11H16INO3. The van der Waals surface area contributed by atoms with Crippen LogP contribution in [0, 0.1) is 5.92 Å². The maximum Gasteiger partial charge on any atom is 0.311 e. The second-order valence-electron chi connectivity index (χ2n) is 4.18. The third kappa shape index (κ3) is 2.19. The Morgan fingerprint density at radius 1 is 1.62 bits per heavy atom. The summed E-state index contributed by atoms with van der Waals surface area (Å²) >= 11 is 2.34. The van der Waals surface area contributed by atoms with Crippen molar-refractivity contribution in [3.8, 4) is 0 Å². The molecule has 1 heterocycles. The predicted octanol–water partition coefficient (Wildman–Crippen LogP) is 1.95. The number of esters is 1. The van der Waals surface area contributed by atoms with E-state index < -0.39 is 0 Å². The van der Waals surface area contributed by atoms with Gasteiger partial charge in [-0.25, -0.2) is 0 Å². The van der Waals surface area contributed by atoms with Crippen molar-refractivity contribution in [2.24, 2.45) is 10.9 Å². The standard InChI is InChI=1S/C11H16INO3/c1-3-15-11(14)7-4-5-8-9(12)10(7)13-6(2)16-8/h7-10H,3-5H2,1-2H3/t7-,8+,9-,10-/m1/s1. The van der Waals surface area contributed by atoms with Gasteiger partial charge in [-0.15, -0.1) is 0 Å². The number of hydrogen-bond acceptors (Lipinski definition) is 4. The van der Waals surface area contributed by atoms with Crippen LogP contribution in [-0.4, -0.2) is 34.5 Å². The van der Waals surface area contributed by atoms with Crippen LogP contribution >= 0.6 is 22.6 Å². The molecule has 1 saturated carbocycles. The fourth-order valence-corrected chi connectivity index (χ4v) is 3.54. The summed E-state index contributed by atoms with van der Waals surface area (Å²) in [6.45, 7) is 4.14. The van der Waals surface area contributed by atoms with Crippen molar-refractivity contribution in [3.63, 3.8) is 0 Å². The normalized spacial score (nSPS) is 37.3. The Morgan fingerprint density at radius 2 is 2.38 bits per heavy atom. The molecule has 0 unspecified atom stereocenters. The number of ether oxygens (including phenoxy) is 2. The molecule has 0 amide bonds. The van der Waals surface area contributed by atoms with Gasteiger partial charge in [0.15, 0.2) is 5.90 Å². The lowest BCUT2D eigenvalue weighted by Gasteiger charge is -2.40. The van der Waals surface area contributed by atoms with Crippen molar-refractivity contribution < 1.29 is 14.3 Å². The highest BCUT2D eigenvalue weighted by atomic mass is 127. The van der Waals surface area contributed by atoms with E-state index >= 15 is 0 Å². The Bertz CT molecular complexity index is 318. The van der Waals surface area contributed by atoms with E-state index in [-0.39, 0.29) is 28.0 Å². The van der Waals surface area contributed by atoms with Crippen molar-refractivity contribution in [1.82, 2.24) is 0 Å². The lowest BCUT2D eigenvalue weighted by atomic mass is 9.82. The minimum absolute atomic E-state index is 0.0344. The van der Waals surface area contributed by atoms with E-state index in [2.05, 4.69) is 27.6 Å². The summed E-state index contributed by atoms with van der Waals surface area (Å²) in [6, 6.07) is 0.0344. The van der Waals surface area contributed by atoms with Gasteiger partial charge in [0.2, 0.25) is 0 Å². The molecule has 0 N–H and O–H groups in total. The van der Waals surface area contributed by atoms with Crippen LogP contribution in [-0.2, 0) is 14.3 Å². The Hall–Kier alpha value is -0.330. The fraction of sp³-hybridized carbons (Fsp3) is 0.818. The fourth-order valence-electron chi connectivity index (χ4n) is 2.37. The van der Waals surface area contributed by atoms with Crippen LogP contribution < -0.4 is 0 Å². The van der Waals surface area contributed by atoms with E-state index in [1.165, 1.54) is 0 Å². The molecule has 0 spiro atoms. The first-order valence-electron chi connectivity index (χ1n) is 5.65. The molecule has 1 aliphatic carbocycles. The smallest absolute Gasteiger partial charge is 0.311 e. The minimum Gasteiger partial charge on any atom is -0.477 e. The van der Waals surface area contributed by atoms with E-state index in [0.717, 1.165) is 12.8 Å². The van der Waals surface area contributed by atoms with Crippen LogP contribution in [0.2, 0.25) is 0 Å². The minimum atomic E-state index is -0.105. The van der Waals surface area contributed by atoms with Gasteiger partial charge in [0.25, 0.3) is 0 Å². The third-order valence-corrected chi connectivity index (χ3v) is 4.64. The number of nitrogens with zero attached hydrogens (tertiary/aromatic N) is 1. The first-order valence-corrected chi connectivity index (χ1v) is 6.89. The number of hydrogen-bond donors (Lipinski definition) is 0. The molecule has 2 rings (SSSR count). The number of alkyl halides is 1. The Kier molecular flexibility index (Phi) is 3.71. The molecular weight excluding hydrogens is 321 g/mol. The summed E-state index contributed by atoms with van der Waals surface area (Å²) in [5.41, 5.74) is 0. The highest BCUT2D eigenvalue weighted by Gasteiger charge is 2.45. The number of halogens is 1. The van der Waals surface area contributed by atoms with E-state index in [4.69, 9.17) is 9.47 Å². The van der Waals surface area contributed by atoms with Crippen LogP contribution in [0.3, 0.4) is 0 Å². The Labute approximate surface area is 109 Å². The SMILES string of the molecule is CCOC(=O)[C@@H]1CC[C@@H]2OC(C)=N[C@H]1[C@@H]2I. The molecule has 1 aliphatic heterocycles. The van der Waals surface area contributed by atoms with Gasteiger partial charge in [0.1, 0.15) is 6.10 Å². The van der Waals surface area contributed by atoms with Gasteiger partial charge < -0.3 is 9.47 Å². The average molecular weight is 337 g/mol. The molecule has 2 bridgehead atoms. The monoisotopic (exact) mass is 337 g/mol. The van der Waals surface area contributed by atoms with Gasteiger partial charge in [-0.05, 0) is 19.8 Å². The molecule has 0 aromatic rings. The van der Waals surface area contributed by atoms with E-state index in [9.17, 15) is 4.79 Å². The molecule has 2 aliphatic rings. The highest BCUT2D eigenvalue weighted by Crippen LogP contribution is 2.37. The number of rotatable bonds is 2. The highest BCUT2D eigenvalue weighted by molar-refractivity contribution is 14.1. The molecule has 4 nitrogen and oxygen atoms in total. The van der Waals surface area contributed by atoms with Gasteiger partial charge in [-0.2, -0.15) is 0 Å². The van der Waals surface area contributed by atoms with E-state index in [0.29, 0.717) is 12.5 Å². The summed E-state index contributed by atoms with van der Waals surface area (Å²) in [4.78, 5) is 16.3. The van der Waals surface area contributed by atoms with Gasteiger partial charge in [0, 0.05) is 6.92 Å². The molecule has 4 atom stereocenters. The second-order valence-corrected chi connectivity index (χ2v) is 5.61. The van der Waals surface area contributed by atoms with Crippen molar-refractivity contribution in [2.75, 3.05) is 6.61 Å². The number of carbonyl (C=O) groups is 1. The van der Waals surface area contributed by atoms with Gasteiger partial charge in [0.05, 0.1) is 22.5 Å². The van der Waals surface area contributed by atoms with E-state index in [1.54, 1.807) is 0 Å². The number of fused-ring (bicyclic) bond motifs is 2. The second kappa shape index (κ2) is 4.89. The lowest BCUT2D eigenvalue weighted by Crippen LogP contribution is -2.50. The van der Waals surface area contributed by atoms with Crippen molar-refractivity contribution in [1.29, 1.82) is 0 Å². The quantitative estimate of drug-likeness (QED) is 0.440. The van der Waals surface area contributed by atoms with Gasteiger partial charge >= 0.3 is 5.97 Å². The van der Waals surface area contributed by atoms with Crippen molar-refractivity contribution >= 4 is 34.5 Å². The summed E-state index contributed by atoms with van der Waals surface area (Å²) in [5, 5.41) is 0. The average Bonchev–Trinajstić information content (AvgIpc) is 2.21. The van der Waals surface area contributed by atoms with Crippen molar-refractivity contribution in [3.05, 3.63) is 0 Å². The molecule has 16 heavy (non-hydrogen) atoms. The van der Waals surface area contributed by atoms with Crippen LogP contribution in [0.4, 0.5) is 0 Å². The lowest BCUT2D eigenvalue weighted by molar-refractivity contribution is -0.150. The summed E-state index contributed by atoms with van der Waals surface area (Å²) in [6.07, 6.45) is 1.96. The van der Waals surface area contributed by atoms with Gasteiger partial charge in [-0.1, -0.05) is 22.6 Å². The molecule has 1 fully saturated rings. The molecule has 0 saturated heterocycles. The van der Waals surface area contributed by atoms with Crippen LogP contribution in [0.5, 0.6) is 0 Å². The number of carbonyl (C=O) groups excluding carboxylic acids is 1. The largest absolute Gasteiger partial charge is 0.477 e. The summed E-state index contributed by atoms with van der Waals surface area (Å²) in [7, 11) is 0. The molecule has 0 aromatic heterocycles. The molecule has 0 aromatic carbocycles. The van der Waals surface area contributed by atoms with Crippen LogP contribution in [0.15, 0.2) is 4.99 Å². The van der Waals surface area contributed by atoms with Crippen LogP contribution in [0.1, 0.15) is 26.7 Å². The summed E-state index contributed by atoms with van der Waals surface area (Å²) in [5.74, 6) is 0.514. The van der Waals surface area contributed by atoms with Crippen LogP contribution in [0.25, 0.3) is 0 Å². The van der Waals surface area contributed by atoms with E-state index in [1.807, 2.05) is 13.8 Å². The topological polar surface area (TPSA) is 47.9 Å². The Morgan fingerprint density at radius 3 is 3.06 bits per heavy atom. The maximum atomic E-state index is 11.8. The predicted molar refractivity (Wildman–Crippen MR) is 68.9 cm³/mol. The zero-order valence-corrected chi connectivity index (χ0v) is 11.6. The molecule has 90 valence electrons.